The van der Waals surface area contributed by atoms with Crippen LogP contribution in [0.4, 0.5) is 0 Å². The van der Waals surface area contributed by atoms with Gasteiger partial charge in [0.05, 0.1) is 6.04 Å². The van der Waals surface area contributed by atoms with Crippen molar-refractivity contribution in [1.29, 1.82) is 0 Å². The van der Waals surface area contributed by atoms with Gasteiger partial charge in [-0.1, -0.05) is 24.6 Å². The third kappa shape index (κ3) is 2.34. The van der Waals surface area contributed by atoms with Crippen molar-refractivity contribution in [3.8, 4) is 0 Å². The van der Waals surface area contributed by atoms with Crippen LogP contribution in [0.2, 0.25) is 0 Å². The van der Waals surface area contributed by atoms with Crippen LogP contribution < -0.4 is 0 Å². The first-order valence-electron chi connectivity index (χ1n) is 4.12. The maximum Gasteiger partial charge on any atom is 0.0682 e. The highest BCUT2D eigenvalue weighted by atomic mass is 14.8. The third-order valence-electron chi connectivity index (χ3n) is 1.80. The first-order valence-corrected chi connectivity index (χ1v) is 4.12. The molecule has 1 heterocycles. The van der Waals surface area contributed by atoms with Crippen LogP contribution in [-0.4, -0.2) is 12.3 Å². The molecule has 1 aliphatic rings. The van der Waals surface area contributed by atoms with Crippen LogP contribution in [0, 0.1) is 0 Å². The van der Waals surface area contributed by atoms with Gasteiger partial charge in [-0.25, -0.2) is 0 Å². The van der Waals surface area contributed by atoms with Crippen LogP contribution in [0.1, 0.15) is 27.2 Å². The van der Waals surface area contributed by atoms with Crippen LogP contribution in [0.3, 0.4) is 0 Å². The number of allylic oxidation sites excluding steroid dienone is 3. The molecule has 1 nitrogen and oxygen atoms in total. The molecule has 1 atom stereocenters. The summed E-state index contributed by atoms with van der Waals surface area (Å²) in [5.74, 6) is 0. The van der Waals surface area contributed by atoms with Gasteiger partial charge in [-0.15, -0.1) is 0 Å². The zero-order valence-electron chi connectivity index (χ0n) is 7.46. The molecule has 1 rings (SSSR count). The zero-order valence-corrected chi connectivity index (χ0v) is 7.46. The molecule has 0 saturated heterocycles. The summed E-state index contributed by atoms with van der Waals surface area (Å²) in [4.78, 5) is 4.40. The minimum absolute atomic E-state index is 0.392. The number of hydrogen-bond donors (Lipinski definition) is 0. The molecule has 1 unspecified atom stereocenters. The summed E-state index contributed by atoms with van der Waals surface area (Å²) in [6.07, 6.45) is 7.43. The average Bonchev–Trinajstić information content (AvgIpc) is 2.11. The lowest BCUT2D eigenvalue weighted by Crippen LogP contribution is -1.96. The average molecular weight is 149 g/mol. The first-order chi connectivity index (χ1) is 5.22. The van der Waals surface area contributed by atoms with Crippen molar-refractivity contribution in [1.82, 2.24) is 0 Å². The topological polar surface area (TPSA) is 12.4 Å². The Labute approximate surface area is 68.5 Å². The van der Waals surface area contributed by atoms with E-state index >= 15 is 0 Å². The second-order valence-electron chi connectivity index (χ2n) is 3.05. The number of hydrogen-bond acceptors (Lipinski definition) is 1. The summed E-state index contributed by atoms with van der Waals surface area (Å²) < 4.78 is 0. The van der Waals surface area contributed by atoms with Gasteiger partial charge < -0.3 is 0 Å². The Morgan fingerprint density at radius 1 is 1.36 bits per heavy atom. The monoisotopic (exact) mass is 149 g/mol. The van der Waals surface area contributed by atoms with Gasteiger partial charge in [0.1, 0.15) is 0 Å². The van der Waals surface area contributed by atoms with Gasteiger partial charge in [0.2, 0.25) is 0 Å². The molecule has 0 bridgehead atoms. The summed E-state index contributed by atoms with van der Waals surface area (Å²) in [6, 6.07) is 0.392. The molecular formula is C10H15N. The molecule has 1 heteroatoms. The van der Waals surface area contributed by atoms with Crippen LogP contribution in [0.25, 0.3) is 0 Å². The minimum Gasteiger partial charge on any atom is -0.285 e. The van der Waals surface area contributed by atoms with E-state index in [-0.39, 0.29) is 0 Å². The van der Waals surface area contributed by atoms with E-state index in [1.165, 1.54) is 11.1 Å². The Morgan fingerprint density at radius 3 is 2.73 bits per heavy atom. The summed E-state index contributed by atoms with van der Waals surface area (Å²) >= 11 is 0. The molecule has 0 aromatic carbocycles. The fourth-order valence-corrected chi connectivity index (χ4v) is 1.23. The largest absolute Gasteiger partial charge is 0.285 e. The molecule has 0 aromatic heterocycles. The van der Waals surface area contributed by atoms with Gasteiger partial charge in [-0.05, 0) is 25.8 Å². The lowest BCUT2D eigenvalue weighted by molar-refractivity contribution is 0.785. The molecule has 60 valence electrons. The number of rotatable bonds is 1. The van der Waals surface area contributed by atoms with E-state index in [4.69, 9.17) is 0 Å². The van der Waals surface area contributed by atoms with Crippen LogP contribution in [0.15, 0.2) is 28.3 Å². The van der Waals surface area contributed by atoms with Gasteiger partial charge in [0, 0.05) is 6.21 Å². The minimum atomic E-state index is 0.392. The maximum absolute atomic E-state index is 4.40. The van der Waals surface area contributed by atoms with Crippen LogP contribution in [0.5, 0.6) is 0 Å². The summed E-state index contributed by atoms with van der Waals surface area (Å²) in [6.45, 7) is 6.37. The first kappa shape index (κ1) is 8.25. The smallest absolute Gasteiger partial charge is 0.0682 e. The summed E-state index contributed by atoms with van der Waals surface area (Å²) in [5, 5.41) is 0. The van der Waals surface area contributed by atoms with Crippen molar-refractivity contribution >= 4 is 6.21 Å². The Bertz CT molecular complexity index is 221. The van der Waals surface area contributed by atoms with E-state index in [9.17, 15) is 0 Å². The second kappa shape index (κ2) is 3.51. The molecular weight excluding hydrogens is 134 g/mol. The normalized spacial score (nSPS) is 24.1. The fourth-order valence-electron chi connectivity index (χ4n) is 1.23. The zero-order chi connectivity index (χ0) is 8.27. The van der Waals surface area contributed by atoms with Crippen molar-refractivity contribution in [2.24, 2.45) is 4.99 Å². The Hall–Kier alpha value is -0.850. The van der Waals surface area contributed by atoms with Gasteiger partial charge in [0.25, 0.3) is 0 Å². The summed E-state index contributed by atoms with van der Waals surface area (Å²) in [5.41, 5.74) is 2.57. The van der Waals surface area contributed by atoms with Crippen molar-refractivity contribution in [3.63, 3.8) is 0 Å². The van der Waals surface area contributed by atoms with Crippen LogP contribution in [-0.2, 0) is 0 Å². The van der Waals surface area contributed by atoms with E-state index in [2.05, 4.69) is 37.9 Å². The highest BCUT2D eigenvalue weighted by Crippen LogP contribution is 2.10. The lowest BCUT2D eigenvalue weighted by atomic mass is 10.1. The van der Waals surface area contributed by atoms with E-state index < -0.39 is 0 Å². The van der Waals surface area contributed by atoms with E-state index in [0.29, 0.717) is 6.04 Å². The predicted molar refractivity (Wildman–Crippen MR) is 50.1 cm³/mol. The van der Waals surface area contributed by atoms with E-state index in [1.807, 2.05) is 6.21 Å². The molecule has 0 spiro atoms. The molecule has 0 aliphatic carbocycles. The van der Waals surface area contributed by atoms with Crippen molar-refractivity contribution in [2.75, 3.05) is 0 Å². The van der Waals surface area contributed by atoms with E-state index in [1.54, 1.807) is 0 Å². The van der Waals surface area contributed by atoms with Gasteiger partial charge in [-0.2, -0.15) is 0 Å². The number of nitrogens with zero attached hydrogens (tertiary/aromatic N) is 1. The maximum atomic E-state index is 4.40. The SMILES string of the molecule is CCC1C=C(C)C=C(C)C=N1. The Kier molecular flexibility index (Phi) is 2.64. The number of aliphatic imine (C=N–C) groups is 1. The Balaban J connectivity index is 2.83. The fraction of sp³-hybridized carbons (Fsp3) is 0.500. The van der Waals surface area contributed by atoms with E-state index in [0.717, 1.165) is 6.42 Å². The van der Waals surface area contributed by atoms with Crippen molar-refractivity contribution < 1.29 is 0 Å². The molecule has 0 radical (unpaired) electrons. The van der Waals surface area contributed by atoms with Gasteiger partial charge in [0.15, 0.2) is 0 Å². The quantitative estimate of drug-likeness (QED) is 0.543. The molecule has 0 fully saturated rings. The van der Waals surface area contributed by atoms with Gasteiger partial charge >= 0.3 is 0 Å². The predicted octanol–water partition coefficient (Wildman–Crippen LogP) is 2.74. The highest BCUT2D eigenvalue weighted by Gasteiger charge is 2.01. The van der Waals surface area contributed by atoms with Crippen molar-refractivity contribution in [2.45, 2.75) is 33.2 Å². The molecule has 0 amide bonds. The molecule has 0 N–H and O–H groups in total. The molecule has 11 heavy (non-hydrogen) atoms. The molecule has 0 saturated carbocycles. The standard InChI is InChI=1S/C10H15N/c1-4-10-6-8(2)5-9(3)7-11-10/h5-7,10H,4H2,1-3H3. The Morgan fingerprint density at radius 2 is 2.09 bits per heavy atom. The summed E-state index contributed by atoms with van der Waals surface area (Å²) in [7, 11) is 0. The highest BCUT2D eigenvalue weighted by molar-refractivity contribution is 5.79. The third-order valence-corrected chi connectivity index (χ3v) is 1.80. The molecule has 1 aliphatic heterocycles. The van der Waals surface area contributed by atoms with Crippen LogP contribution >= 0.6 is 0 Å². The lowest BCUT2D eigenvalue weighted by Gasteiger charge is -2.00. The van der Waals surface area contributed by atoms with Gasteiger partial charge in [-0.3, -0.25) is 4.99 Å². The second-order valence-corrected chi connectivity index (χ2v) is 3.05. The van der Waals surface area contributed by atoms with Crippen molar-refractivity contribution in [3.05, 3.63) is 23.3 Å². The molecule has 0 aromatic rings.